The van der Waals surface area contributed by atoms with E-state index in [4.69, 9.17) is 10.5 Å². The molecule has 0 aliphatic carbocycles. The first-order chi connectivity index (χ1) is 6.43. The first kappa shape index (κ1) is 11.9. The average molecular weight is 222 g/mol. The number of hydrogen-bond donors (Lipinski definition) is 1. The summed E-state index contributed by atoms with van der Waals surface area (Å²) in [7, 11) is -3.20. The molecule has 1 rings (SSSR count). The van der Waals surface area contributed by atoms with E-state index < -0.39 is 16.2 Å². The fourth-order valence-corrected chi connectivity index (χ4v) is 3.33. The predicted octanol–water partition coefficient (Wildman–Crippen LogP) is -0.411. The molecule has 1 atom stereocenters. The molecule has 1 heterocycles. The quantitative estimate of drug-likeness (QED) is 0.704. The van der Waals surface area contributed by atoms with Crippen molar-refractivity contribution in [3.8, 4) is 0 Å². The number of hydrogen-bond acceptors (Lipinski definition) is 4. The summed E-state index contributed by atoms with van der Waals surface area (Å²) in [4.78, 5) is 0. The molecule has 0 saturated carbocycles. The van der Waals surface area contributed by atoms with Crippen LogP contribution < -0.4 is 5.73 Å². The highest BCUT2D eigenvalue weighted by molar-refractivity contribution is 7.89. The molecule has 84 valence electrons. The molecule has 1 fully saturated rings. The lowest BCUT2D eigenvalue weighted by Crippen LogP contribution is -2.54. The van der Waals surface area contributed by atoms with E-state index in [-0.39, 0.29) is 18.3 Å². The van der Waals surface area contributed by atoms with E-state index in [0.717, 1.165) is 0 Å². The van der Waals surface area contributed by atoms with Gasteiger partial charge in [0.2, 0.25) is 10.0 Å². The Morgan fingerprint density at radius 2 is 2.21 bits per heavy atom. The van der Waals surface area contributed by atoms with Crippen molar-refractivity contribution in [3.05, 3.63) is 0 Å². The fourth-order valence-electron chi connectivity index (χ4n) is 1.47. The highest BCUT2D eigenvalue weighted by atomic mass is 32.2. The second-order valence-corrected chi connectivity index (χ2v) is 5.89. The Hall–Kier alpha value is -0.170. The van der Waals surface area contributed by atoms with Crippen molar-refractivity contribution in [2.24, 2.45) is 11.7 Å². The summed E-state index contributed by atoms with van der Waals surface area (Å²) in [5.74, 6) is 0.274. The van der Waals surface area contributed by atoms with Crippen LogP contribution in [0.15, 0.2) is 0 Å². The monoisotopic (exact) mass is 222 g/mol. The maximum atomic E-state index is 11.8. The molecule has 0 aromatic carbocycles. The van der Waals surface area contributed by atoms with Crippen molar-refractivity contribution in [1.82, 2.24) is 4.31 Å². The SMILES string of the molecule is CC(C)CS(=O)(=O)N1CCOCC1N. The molecule has 0 amide bonds. The van der Waals surface area contributed by atoms with E-state index in [0.29, 0.717) is 13.2 Å². The molecule has 0 aromatic heterocycles. The molecule has 0 aromatic rings. The largest absolute Gasteiger partial charge is 0.377 e. The van der Waals surface area contributed by atoms with Crippen LogP contribution in [0.2, 0.25) is 0 Å². The van der Waals surface area contributed by atoms with Crippen molar-refractivity contribution in [3.63, 3.8) is 0 Å². The molecular weight excluding hydrogens is 204 g/mol. The first-order valence-electron chi connectivity index (χ1n) is 4.76. The Kier molecular flexibility index (Phi) is 3.88. The lowest BCUT2D eigenvalue weighted by atomic mass is 10.3. The number of nitrogens with two attached hydrogens (primary N) is 1. The van der Waals surface area contributed by atoms with Crippen LogP contribution >= 0.6 is 0 Å². The lowest BCUT2D eigenvalue weighted by molar-refractivity contribution is 0.0349. The maximum Gasteiger partial charge on any atom is 0.215 e. The fraction of sp³-hybridized carbons (Fsp3) is 1.00. The summed E-state index contributed by atoms with van der Waals surface area (Å²) in [6.45, 7) is 4.85. The zero-order chi connectivity index (χ0) is 10.8. The highest BCUT2D eigenvalue weighted by Gasteiger charge is 2.30. The van der Waals surface area contributed by atoms with Gasteiger partial charge >= 0.3 is 0 Å². The summed E-state index contributed by atoms with van der Waals surface area (Å²) in [6.07, 6.45) is -0.521. The van der Waals surface area contributed by atoms with Gasteiger partial charge < -0.3 is 10.5 Å². The summed E-state index contributed by atoms with van der Waals surface area (Å²) in [5.41, 5.74) is 5.66. The van der Waals surface area contributed by atoms with Crippen LogP contribution in [-0.4, -0.2) is 44.4 Å². The minimum Gasteiger partial charge on any atom is -0.377 e. The second kappa shape index (κ2) is 4.57. The molecule has 1 aliphatic rings. The molecule has 2 N–H and O–H groups in total. The minimum absolute atomic E-state index is 0.120. The van der Waals surface area contributed by atoms with Crippen LogP contribution in [0.4, 0.5) is 0 Å². The van der Waals surface area contributed by atoms with E-state index in [2.05, 4.69) is 0 Å². The number of sulfonamides is 1. The zero-order valence-electron chi connectivity index (χ0n) is 8.64. The molecule has 1 unspecified atom stereocenters. The highest BCUT2D eigenvalue weighted by Crippen LogP contribution is 2.12. The summed E-state index contributed by atoms with van der Waals surface area (Å²) < 4.78 is 30.0. The van der Waals surface area contributed by atoms with Gasteiger partial charge in [0, 0.05) is 6.54 Å². The van der Waals surface area contributed by atoms with Gasteiger partial charge in [-0.3, -0.25) is 0 Å². The van der Waals surface area contributed by atoms with Crippen molar-refractivity contribution in [2.45, 2.75) is 20.0 Å². The van der Waals surface area contributed by atoms with Gasteiger partial charge in [-0.25, -0.2) is 8.42 Å². The van der Waals surface area contributed by atoms with Gasteiger partial charge in [0.25, 0.3) is 0 Å². The third kappa shape index (κ3) is 2.91. The first-order valence-corrected chi connectivity index (χ1v) is 6.37. The molecule has 0 spiro atoms. The van der Waals surface area contributed by atoms with Gasteiger partial charge in [-0.1, -0.05) is 13.8 Å². The standard InChI is InChI=1S/C8H18N2O3S/c1-7(2)6-14(11,12)10-3-4-13-5-8(10)9/h7-8H,3-6,9H2,1-2H3. The van der Waals surface area contributed by atoms with E-state index in [9.17, 15) is 8.42 Å². The number of rotatable bonds is 3. The molecule has 14 heavy (non-hydrogen) atoms. The summed E-state index contributed by atoms with van der Waals surface area (Å²) in [6, 6.07) is 0. The van der Waals surface area contributed by atoms with Crippen LogP contribution in [0.3, 0.4) is 0 Å². The van der Waals surface area contributed by atoms with E-state index >= 15 is 0 Å². The van der Waals surface area contributed by atoms with E-state index in [1.807, 2.05) is 13.8 Å². The third-order valence-corrected chi connectivity index (χ3v) is 4.27. The lowest BCUT2D eigenvalue weighted by Gasteiger charge is -2.32. The smallest absolute Gasteiger partial charge is 0.215 e. The molecule has 1 aliphatic heterocycles. The van der Waals surface area contributed by atoms with Gasteiger partial charge in [0.1, 0.15) is 0 Å². The van der Waals surface area contributed by atoms with Gasteiger partial charge in [0.15, 0.2) is 0 Å². The van der Waals surface area contributed by atoms with Crippen molar-refractivity contribution < 1.29 is 13.2 Å². The number of nitrogens with zero attached hydrogens (tertiary/aromatic N) is 1. The molecule has 1 saturated heterocycles. The van der Waals surface area contributed by atoms with E-state index in [1.165, 1.54) is 4.31 Å². The van der Waals surface area contributed by atoms with Crippen LogP contribution in [0, 0.1) is 5.92 Å². The Bertz CT molecular complexity index is 276. The second-order valence-electron chi connectivity index (χ2n) is 3.93. The number of ether oxygens (including phenoxy) is 1. The van der Waals surface area contributed by atoms with E-state index in [1.54, 1.807) is 0 Å². The minimum atomic E-state index is -3.20. The van der Waals surface area contributed by atoms with Gasteiger partial charge in [-0.05, 0) is 5.92 Å². The summed E-state index contributed by atoms with van der Waals surface area (Å²) in [5, 5.41) is 0. The average Bonchev–Trinajstić information content (AvgIpc) is 2.02. The molecule has 0 radical (unpaired) electrons. The van der Waals surface area contributed by atoms with Crippen LogP contribution in [0.1, 0.15) is 13.8 Å². The number of morpholine rings is 1. The van der Waals surface area contributed by atoms with Crippen molar-refractivity contribution in [1.29, 1.82) is 0 Å². The predicted molar refractivity (Wildman–Crippen MR) is 54.1 cm³/mol. The van der Waals surface area contributed by atoms with Gasteiger partial charge in [-0.2, -0.15) is 4.31 Å². The van der Waals surface area contributed by atoms with Crippen molar-refractivity contribution >= 4 is 10.0 Å². The molecule has 6 heteroatoms. The Morgan fingerprint density at radius 3 is 2.71 bits per heavy atom. The molecule has 5 nitrogen and oxygen atoms in total. The molecule has 0 bridgehead atoms. The van der Waals surface area contributed by atoms with Crippen molar-refractivity contribution in [2.75, 3.05) is 25.5 Å². The van der Waals surface area contributed by atoms with Crippen LogP contribution in [-0.2, 0) is 14.8 Å². The normalized spacial score (nSPS) is 25.6. The van der Waals surface area contributed by atoms with Gasteiger partial charge in [0.05, 0.1) is 25.1 Å². The van der Waals surface area contributed by atoms with Crippen LogP contribution in [0.25, 0.3) is 0 Å². The summed E-state index contributed by atoms with van der Waals surface area (Å²) >= 11 is 0. The van der Waals surface area contributed by atoms with Crippen LogP contribution in [0.5, 0.6) is 0 Å². The third-order valence-electron chi connectivity index (χ3n) is 2.02. The molecular formula is C8H18N2O3S. The van der Waals surface area contributed by atoms with Gasteiger partial charge in [-0.15, -0.1) is 0 Å². The zero-order valence-corrected chi connectivity index (χ0v) is 9.46. The Labute approximate surface area is 85.3 Å². The Balaban J connectivity index is 2.70. The topological polar surface area (TPSA) is 72.6 Å². The Morgan fingerprint density at radius 1 is 1.57 bits per heavy atom. The maximum absolute atomic E-state index is 11.8.